The van der Waals surface area contributed by atoms with Crippen molar-refractivity contribution in [1.82, 2.24) is 14.4 Å². The number of benzene rings is 1. The Labute approximate surface area is 153 Å². The van der Waals surface area contributed by atoms with E-state index in [9.17, 15) is 4.79 Å². The molecule has 0 radical (unpaired) electrons. The molecule has 2 aromatic rings. The van der Waals surface area contributed by atoms with Gasteiger partial charge < -0.3 is 14.2 Å². The first kappa shape index (κ1) is 17.0. The predicted octanol–water partition coefficient (Wildman–Crippen LogP) is 2.18. The van der Waals surface area contributed by atoms with Crippen LogP contribution in [0.15, 0.2) is 18.2 Å². The lowest BCUT2D eigenvalue weighted by atomic mass is 10.1. The number of ketones is 1. The van der Waals surface area contributed by atoms with Gasteiger partial charge in [0.2, 0.25) is 0 Å². The zero-order chi connectivity index (χ0) is 17.4. The van der Waals surface area contributed by atoms with Gasteiger partial charge in [-0.05, 0) is 30.8 Å². The fourth-order valence-corrected chi connectivity index (χ4v) is 4.14. The minimum Gasteiger partial charge on any atom is -0.379 e. The van der Waals surface area contributed by atoms with E-state index in [-0.39, 0.29) is 5.78 Å². The molecule has 1 fully saturated rings. The maximum Gasteiger partial charge on any atom is 0.166 e. The van der Waals surface area contributed by atoms with Gasteiger partial charge in [-0.15, -0.1) is 0 Å². The van der Waals surface area contributed by atoms with E-state index in [0.717, 1.165) is 56.4 Å². The van der Waals surface area contributed by atoms with Crippen LogP contribution in [0.5, 0.6) is 0 Å². The molecule has 5 nitrogen and oxygen atoms in total. The number of fused-ring (bicyclic) bond motifs is 3. The minimum atomic E-state index is 0.260. The topological polar surface area (TPSA) is 37.7 Å². The molecule has 0 saturated carbocycles. The van der Waals surface area contributed by atoms with Gasteiger partial charge in [0.1, 0.15) is 0 Å². The molecular weight excluding hydrogens is 338 g/mol. The molecule has 25 heavy (non-hydrogen) atoms. The molecule has 1 aromatic carbocycles. The van der Waals surface area contributed by atoms with Crippen LogP contribution in [0.25, 0.3) is 10.9 Å². The molecule has 3 heterocycles. The van der Waals surface area contributed by atoms with Gasteiger partial charge in [0.05, 0.1) is 26.3 Å². The van der Waals surface area contributed by atoms with Gasteiger partial charge in [-0.2, -0.15) is 0 Å². The van der Waals surface area contributed by atoms with Gasteiger partial charge in [-0.25, -0.2) is 0 Å². The molecule has 0 spiro atoms. The smallest absolute Gasteiger partial charge is 0.166 e. The van der Waals surface area contributed by atoms with E-state index in [1.54, 1.807) is 0 Å². The van der Waals surface area contributed by atoms with Crippen molar-refractivity contribution >= 4 is 28.3 Å². The Morgan fingerprint density at radius 2 is 2.00 bits per heavy atom. The second-order valence-electron chi connectivity index (χ2n) is 7.09. The summed E-state index contributed by atoms with van der Waals surface area (Å²) < 4.78 is 7.58. The lowest BCUT2D eigenvalue weighted by Crippen LogP contribution is -2.40. The maximum absolute atomic E-state index is 12.7. The zero-order valence-electron chi connectivity index (χ0n) is 14.6. The third-order valence-electron chi connectivity index (χ3n) is 5.25. The molecule has 1 aromatic heterocycles. The van der Waals surface area contributed by atoms with Crippen molar-refractivity contribution in [2.75, 3.05) is 46.4 Å². The van der Waals surface area contributed by atoms with Gasteiger partial charge in [0.25, 0.3) is 0 Å². The molecular formula is C19H24ClN3O2. The van der Waals surface area contributed by atoms with Gasteiger partial charge in [-0.1, -0.05) is 11.6 Å². The number of morpholine rings is 1. The maximum atomic E-state index is 12.7. The van der Waals surface area contributed by atoms with Gasteiger partial charge in [0, 0.05) is 54.2 Å². The van der Waals surface area contributed by atoms with Crippen LogP contribution in [-0.4, -0.2) is 66.6 Å². The van der Waals surface area contributed by atoms with Crippen molar-refractivity contribution in [3.63, 3.8) is 0 Å². The van der Waals surface area contributed by atoms with E-state index in [1.165, 1.54) is 16.6 Å². The van der Waals surface area contributed by atoms with E-state index in [2.05, 4.69) is 27.5 Å². The summed E-state index contributed by atoms with van der Waals surface area (Å²) in [7, 11) is 2.14. The Kier molecular flexibility index (Phi) is 4.82. The lowest BCUT2D eigenvalue weighted by molar-refractivity contribution is -0.121. The predicted molar refractivity (Wildman–Crippen MR) is 99.3 cm³/mol. The molecule has 0 aliphatic carbocycles. The third kappa shape index (κ3) is 3.47. The summed E-state index contributed by atoms with van der Waals surface area (Å²) in [6.07, 6.45) is 0.975. The standard InChI is InChI=1S/C19H24ClN3O2/c1-21-5-4-19-17(13-21)16-10-14(20)2-3-18(16)23(19)12-15(24)11-22-6-8-25-9-7-22/h2-3,10H,4-9,11-13H2,1H3. The van der Waals surface area contributed by atoms with Crippen molar-refractivity contribution in [2.45, 2.75) is 19.5 Å². The summed E-state index contributed by atoms with van der Waals surface area (Å²) in [6.45, 7) is 6.01. The molecule has 0 unspecified atom stereocenters. The highest BCUT2D eigenvalue weighted by Crippen LogP contribution is 2.32. The van der Waals surface area contributed by atoms with Crippen LogP contribution < -0.4 is 0 Å². The first-order valence-electron chi connectivity index (χ1n) is 8.91. The van der Waals surface area contributed by atoms with Crippen molar-refractivity contribution in [1.29, 1.82) is 0 Å². The number of rotatable bonds is 4. The number of carbonyl (C=O) groups excluding carboxylic acids is 1. The Morgan fingerprint density at radius 3 is 2.80 bits per heavy atom. The van der Waals surface area contributed by atoms with Gasteiger partial charge in [0.15, 0.2) is 5.78 Å². The number of hydrogen-bond acceptors (Lipinski definition) is 4. The quantitative estimate of drug-likeness (QED) is 0.836. The Balaban J connectivity index is 1.63. The molecule has 0 N–H and O–H groups in total. The van der Waals surface area contributed by atoms with E-state index in [0.29, 0.717) is 13.1 Å². The summed E-state index contributed by atoms with van der Waals surface area (Å²) in [5.41, 5.74) is 3.75. The molecule has 4 rings (SSSR count). The average Bonchev–Trinajstić information content (AvgIpc) is 2.88. The van der Waals surface area contributed by atoms with Crippen LogP contribution in [0.1, 0.15) is 11.3 Å². The normalized spacial score (nSPS) is 19.3. The van der Waals surface area contributed by atoms with Crippen LogP contribution in [0.4, 0.5) is 0 Å². The largest absolute Gasteiger partial charge is 0.379 e. The van der Waals surface area contributed by atoms with E-state index in [4.69, 9.17) is 16.3 Å². The van der Waals surface area contributed by atoms with E-state index < -0.39 is 0 Å². The Morgan fingerprint density at radius 1 is 1.20 bits per heavy atom. The second-order valence-corrected chi connectivity index (χ2v) is 7.52. The summed E-state index contributed by atoms with van der Waals surface area (Å²) >= 11 is 6.23. The van der Waals surface area contributed by atoms with Gasteiger partial charge in [-0.3, -0.25) is 9.69 Å². The minimum absolute atomic E-state index is 0.260. The lowest BCUT2D eigenvalue weighted by Gasteiger charge is -2.26. The summed E-state index contributed by atoms with van der Waals surface area (Å²) in [4.78, 5) is 17.2. The number of likely N-dealkylation sites (N-methyl/N-ethyl adjacent to an activating group) is 1. The first-order chi connectivity index (χ1) is 12.1. The molecule has 2 aliphatic heterocycles. The number of aromatic nitrogens is 1. The molecule has 1 saturated heterocycles. The highest BCUT2D eigenvalue weighted by Gasteiger charge is 2.24. The fraction of sp³-hybridized carbons (Fsp3) is 0.526. The fourth-order valence-electron chi connectivity index (χ4n) is 3.97. The Hall–Kier alpha value is -1.40. The monoisotopic (exact) mass is 361 g/mol. The van der Waals surface area contributed by atoms with Gasteiger partial charge >= 0.3 is 0 Å². The van der Waals surface area contributed by atoms with Crippen molar-refractivity contribution in [3.8, 4) is 0 Å². The zero-order valence-corrected chi connectivity index (χ0v) is 15.4. The van der Waals surface area contributed by atoms with E-state index in [1.807, 2.05) is 12.1 Å². The third-order valence-corrected chi connectivity index (χ3v) is 5.48. The molecule has 0 amide bonds. The summed E-state index contributed by atoms with van der Waals surface area (Å²) in [5.74, 6) is 0.260. The van der Waals surface area contributed by atoms with Crippen LogP contribution in [0.3, 0.4) is 0 Å². The van der Waals surface area contributed by atoms with Crippen LogP contribution in [0, 0.1) is 0 Å². The summed E-state index contributed by atoms with van der Waals surface area (Å²) in [6, 6.07) is 6.01. The van der Waals surface area contributed by atoms with Crippen molar-refractivity contribution < 1.29 is 9.53 Å². The number of halogens is 1. The second kappa shape index (κ2) is 7.08. The SMILES string of the molecule is CN1CCc2c(c3cc(Cl)ccc3n2CC(=O)CN2CCOCC2)C1. The molecule has 6 heteroatoms. The van der Waals surface area contributed by atoms with E-state index >= 15 is 0 Å². The van der Waals surface area contributed by atoms with Crippen LogP contribution >= 0.6 is 11.6 Å². The van der Waals surface area contributed by atoms with Crippen LogP contribution in [-0.2, 0) is 29.0 Å². The highest BCUT2D eigenvalue weighted by molar-refractivity contribution is 6.31. The molecule has 0 bridgehead atoms. The number of ether oxygens (including phenoxy) is 1. The average molecular weight is 362 g/mol. The number of carbonyl (C=O) groups is 1. The number of nitrogens with zero attached hydrogens (tertiary/aromatic N) is 3. The molecule has 134 valence electrons. The van der Waals surface area contributed by atoms with Crippen LogP contribution in [0.2, 0.25) is 5.02 Å². The molecule has 2 aliphatic rings. The van der Waals surface area contributed by atoms with Crippen molar-refractivity contribution in [2.24, 2.45) is 0 Å². The number of hydrogen-bond donors (Lipinski definition) is 0. The van der Waals surface area contributed by atoms with Crippen molar-refractivity contribution in [3.05, 3.63) is 34.5 Å². The first-order valence-corrected chi connectivity index (χ1v) is 9.29. The Bertz CT molecular complexity index is 796. The summed E-state index contributed by atoms with van der Waals surface area (Å²) in [5, 5.41) is 1.94. The highest BCUT2D eigenvalue weighted by atomic mass is 35.5. The molecule has 0 atom stereocenters. The number of Topliss-reactive ketones (excluding diaryl/α,β-unsaturated/α-hetero) is 1.